The van der Waals surface area contributed by atoms with Gasteiger partial charge in [-0.15, -0.1) is 0 Å². The quantitative estimate of drug-likeness (QED) is 0.0155. The van der Waals surface area contributed by atoms with Gasteiger partial charge in [-0.05, 0) is 44.4 Å². The van der Waals surface area contributed by atoms with Crippen LogP contribution in [0.2, 0.25) is 0 Å². The summed E-state index contributed by atoms with van der Waals surface area (Å²) in [5.41, 5.74) is 0. The van der Waals surface area contributed by atoms with Crippen LogP contribution in [-0.4, -0.2) is 82.6 Å². The highest BCUT2D eigenvalue weighted by Gasteiger charge is 2.36. The topological polar surface area (TPSA) is 208 Å². The fourth-order valence-electron chi connectivity index (χ4n) is 5.60. The summed E-state index contributed by atoms with van der Waals surface area (Å²) in [6.45, 7) is 3.92. The number of allylic oxidation sites excluding steroid dienone is 1. The summed E-state index contributed by atoms with van der Waals surface area (Å²) in [7, 11) is -9.66. The van der Waals surface area contributed by atoms with Crippen LogP contribution in [0.5, 0.6) is 0 Å². The molecular formula is C37H70O14P2. The molecule has 0 aliphatic carbocycles. The van der Waals surface area contributed by atoms with Crippen molar-refractivity contribution in [2.24, 2.45) is 5.92 Å². The minimum absolute atomic E-state index is 0.126. The maximum Gasteiger partial charge on any atom is 0.472 e. The average Bonchev–Trinajstić information content (AvgIpc) is 3.85. The third kappa shape index (κ3) is 31.7. The molecule has 312 valence electrons. The van der Waals surface area contributed by atoms with E-state index in [1.54, 1.807) is 0 Å². The predicted octanol–water partition coefficient (Wildman–Crippen LogP) is 8.24. The summed E-state index contributed by atoms with van der Waals surface area (Å²) in [5.74, 6) is -0.342. The fraction of sp³-hybridized carbons (Fsp3) is 0.892. The maximum atomic E-state index is 12.6. The molecule has 1 aliphatic rings. The summed E-state index contributed by atoms with van der Waals surface area (Å²) in [5, 5.41) is 9.71. The molecule has 0 aromatic heterocycles. The molecule has 1 heterocycles. The SMILES string of the molecule is CCCCC/C=C\CC1OC1CCCCCCCC(=O)OC[C@H](COP(=O)(O)OC[C@@H](O)COP(=O)(O)O)OC(=O)CCCCCCCCCC(C)C. The molecule has 0 aromatic carbocycles. The highest BCUT2D eigenvalue weighted by Crippen LogP contribution is 2.44. The van der Waals surface area contributed by atoms with Gasteiger partial charge in [-0.1, -0.05) is 116 Å². The van der Waals surface area contributed by atoms with Gasteiger partial charge in [0.05, 0.1) is 32.0 Å². The van der Waals surface area contributed by atoms with E-state index in [9.17, 15) is 28.7 Å². The lowest BCUT2D eigenvalue weighted by atomic mass is 10.0. The van der Waals surface area contributed by atoms with Crippen LogP contribution in [-0.2, 0) is 46.5 Å². The molecule has 4 N–H and O–H groups in total. The second-order valence-electron chi connectivity index (χ2n) is 14.4. The molecule has 0 spiro atoms. The van der Waals surface area contributed by atoms with Crippen LogP contribution in [0.3, 0.4) is 0 Å². The van der Waals surface area contributed by atoms with E-state index >= 15 is 0 Å². The molecule has 0 aromatic rings. The van der Waals surface area contributed by atoms with Crippen LogP contribution >= 0.6 is 15.6 Å². The Bertz CT molecular complexity index is 1080. The van der Waals surface area contributed by atoms with Gasteiger partial charge in [0.25, 0.3) is 0 Å². The van der Waals surface area contributed by atoms with E-state index in [4.69, 9.17) is 28.5 Å². The van der Waals surface area contributed by atoms with Crippen molar-refractivity contribution < 1.29 is 66.3 Å². The van der Waals surface area contributed by atoms with Crippen molar-refractivity contribution in [3.63, 3.8) is 0 Å². The third-order valence-electron chi connectivity index (χ3n) is 8.75. The summed E-state index contributed by atoms with van der Waals surface area (Å²) in [6.07, 6.45) is 22.6. The molecule has 1 aliphatic heterocycles. The van der Waals surface area contributed by atoms with Gasteiger partial charge in [-0.3, -0.25) is 23.2 Å². The summed E-state index contributed by atoms with van der Waals surface area (Å²) in [6, 6.07) is 0. The number of phosphoric acid groups is 2. The van der Waals surface area contributed by atoms with E-state index in [2.05, 4.69) is 42.0 Å². The molecule has 16 heteroatoms. The van der Waals surface area contributed by atoms with Gasteiger partial charge in [-0.25, -0.2) is 9.13 Å². The van der Waals surface area contributed by atoms with Gasteiger partial charge in [0.15, 0.2) is 6.10 Å². The van der Waals surface area contributed by atoms with Crippen LogP contribution in [0.15, 0.2) is 12.2 Å². The monoisotopic (exact) mass is 800 g/mol. The van der Waals surface area contributed by atoms with Gasteiger partial charge < -0.3 is 34.0 Å². The highest BCUT2D eigenvalue weighted by atomic mass is 31.2. The molecule has 1 rings (SSSR count). The van der Waals surface area contributed by atoms with E-state index in [1.165, 1.54) is 38.5 Å². The molecule has 0 bridgehead atoms. The smallest absolute Gasteiger partial charge is 0.462 e. The Morgan fingerprint density at radius 2 is 1.28 bits per heavy atom. The summed E-state index contributed by atoms with van der Waals surface area (Å²) in [4.78, 5) is 52.5. The zero-order valence-electron chi connectivity index (χ0n) is 32.5. The van der Waals surface area contributed by atoms with E-state index in [0.29, 0.717) is 31.0 Å². The van der Waals surface area contributed by atoms with Crippen molar-refractivity contribution in [2.45, 2.75) is 180 Å². The molecule has 3 unspecified atom stereocenters. The number of hydrogen-bond donors (Lipinski definition) is 4. The summed E-state index contributed by atoms with van der Waals surface area (Å²) >= 11 is 0. The van der Waals surface area contributed by atoms with E-state index in [-0.39, 0.29) is 12.8 Å². The van der Waals surface area contributed by atoms with Crippen LogP contribution < -0.4 is 0 Å². The number of rotatable bonds is 36. The van der Waals surface area contributed by atoms with Gasteiger partial charge in [0, 0.05) is 12.8 Å². The van der Waals surface area contributed by atoms with Crippen LogP contribution in [0.4, 0.5) is 0 Å². The first-order chi connectivity index (χ1) is 25.2. The Morgan fingerprint density at radius 1 is 0.698 bits per heavy atom. The number of aliphatic hydroxyl groups is 1. The molecule has 53 heavy (non-hydrogen) atoms. The Kier molecular flexibility index (Phi) is 28.2. The molecule has 0 amide bonds. The Morgan fingerprint density at radius 3 is 1.92 bits per heavy atom. The maximum absolute atomic E-state index is 12.6. The lowest BCUT2D eigenvalue weighted by Crippen LogP contribution is -2.30. The van der Waals surface area contributed by atoms with Gasteiger partial charge in [0.1, 0.15) is 12.7 Å². The van der Waals surface area contributed by atoms with Crippen molar-refractivity contribution in [2.75, 3.05) is 26.4 Å². The largest absolute Gasteiger partial charge is 0.472 e. The number of aliphatic hydroxyl groups excluding tert-OH is 1. The summed E-state index contributed by atoms with van der Waals surface area (Å²) < 4.78 is 53.4. The zero-order chi connectivity index (χ0) is 39.4. The molecule has 5 atom stereocenters. The van der Waals surface area contributed by atoms with Crippen molar-refractivity contribution >= 4 is 27.6 Å². The number of esters is 2. The normalized spacial score (nSPS) is 18.3. The molecule has 0 radical (unpaired) electrons. The zero-order valence-corrected chi connectivity index (χ0v) is 34.3. The predicted molar refractivity (Wildman–Crippen MR) is 202 cm³/mol. The Balaban J connectivity index is 2.38. The van der Waals surface area contributed by atoms with Crippen molar-refractivity contribution in [3.8, 4) is 0 Å². The molecule has 14 nitrogen and oxygen atoms in total. The second kappa shape index (κ2) is 30.0. The van der Waals surface area contributed by atoms with E-state index in [1.807, 2.05) is 0 Å². The molecule has 1 saturated heterocycles. The van der Waals surface area contributed by atoms with E-state index in [0.717, 1.165) is 70.6 Å². The number of carbonyl (C=O) groups excluding carboxylic acids is 2. The molecule has 0 saturated carbocycles. The van der Waals surface area contributed by atoms with Crippen LogP contribution in [0.1, 0.15) is 156 Å². The first kappa shape index (κ1) is 49.8. The van der Waals surface area contributed by atoms with E-state index < -0.39 is 66.2 Å². The van der Waals surface area contributed by atoms with Gasteiger partial charge in [-0.2, -0.15) is 0 Å². The first-order valence-corrected chi connectivity index (χ1v) is 22.9. The van der Waals surface area contributed by atoms with Crippen molar-refractivity contribution in [1.29, 1.82) is 0 Å². The molecular weight excluding hydrogens is 730 g/mol. The highest BCUT2D eigenvalue weighted by molar-refractivity contribution is 7.47. The second-order valence-corrected chi connectivity index (χ2v) is 17.1. The molecule has 1 fully saturated rings. The van der Waals surface area contributed by atoms with Crippen molar-refractivity contribution in [1.82, 2.24) is 0 Å². The Hall–Kier alpha value is -1.18. The third-order valence-corrected chi connectivity index (χ3v) is 10.2. The number of ether oxygens (including phenoxy) is 3. The minimum Gasteiger partial charge on any atom is -0.462 e. The first-order valence-electron chi connectivity index (χ1n) is 19.9. The van der Waals surface area contributed by atoms with Gasteiger partial charge >= 0.3 is 27.6 Å². The number of hydrogen-bond acceptors (Lipinski definition) is 11. The number of unbranched alkanes of at least 4 members (excludes halogenated alkanes) is 13. The van der Waals surface area contributed by atoms with Crippen LogP contribution in [0.25, 0.3) is 0 Å². The number of carbonyl (C=O) groups is 2. The number of phosphoric ester groups is 2. The fourth-order valence-corrected chi connectivity index (χ4v) is 6.75. The standard InChI is InChI=1S/C37H70O14P2/c1-4-5-6-7-13-18-23-34-35(51-34)24-19-14-11-16-20-25-36(39)46-29-33(30-49-53(44,45)48-28-32(38)27-47-52(41,42)43)50-37(40)26-21-15-10-8-9-12-17-22-31(2)3/h13,18,31-35,38H,4-12,14-17,19-30H2,1-3H3,(H,44,45)(H2,41,42,43)/b18-13-/t32-,33+,34?,35?/m0/s1. The van der Waals surface area contributed by atoms with Crippen LogP contribution in [0, 0.1) is 5.92 Å². The lowest BCUT2D eigenvalue weighted by Gasteiger charge is -2.20. The lowest BCUT2D eigenvalue weighted by molar-refractivity contribution is -0.161. The minimum atomic E-state index is -4.86. The average molecular weight is 801 g/mol. The van der Waals surface area contributed by atoms with Gasteiger partial charge in [0.2, 0.25) is 0 Å². The Labute approximate surface area is 317 Å². The van der Waals surface area contributed by atoms with Crippen molar-refractivity contribution in [3.05, 3.63) is 12.2 Å². The number of epoxide rings is 1.